The van der Waals surface area contributed by atoms with Gasteiger partial charge in [0, 0.05) is 10.7 Å². The largest absolute Gasteiger partial charge is 0.352 e. The van der Waals surface area contributed by atoms with Crippen molar-refractivity contribution in [2.75, 3.05) is 5.32 Å². The summed E-state index contributed by atoms with van der Waals surface area (Å²) in [6.45, 7) is 0. The molecule has 0 saturated carbocycles. The maximum atomic E-state index is 8.92. The Balaban J connectivity index is 2.35. The number of benzene rings is 1. The van der Waals surface area contributed by atoms with Gasteiger partial charge in [-0.2, -0.15) is 5.26 Å². The summed E-state index contributed by atoms with van der Waals surface area (Å²) < 4.78 is 0.903. The van der Waals surface area contributed by atoms with E-state index >= 15 is 0 Å². The first kappa shape index (κ1) is 11.9. The van der Waals surface area contributed by atoms with Crippen LogP contribution in [0, 0.1) is 11.3 Å². The molecule has 1 N–H and O–H groups in total. The first-order valence-electron chi connectivity index (χ1n) is 4.78. The van der Waals surface area contributed by atoms with E-state index in [1.165, 1.54) is 0 Å². The SMILES string of the molecule is N#Cc1ncccc1Nc1ccc(Br)cc1Cl. The number of pyridine rings is 1. The van der Waals surface area contributed by atoms with E-state index in [9.17, 15) is 0 Å². The van der Waals surface area contributed by atoms with Crippen molar-refractivity contribution in [1.29, 1.82) is 5.26 Å². The molecule has 0 aliphatic rings. The number of nitrogens with one attached hydrogen (secondary N) is 1. The third-order valence-electron chi connectivity index (χ3n) is 2.11. The molecule has 0 bridgehead atoms. The Bertz CT molecular complexity index is 593. The molecule has 0 aliphatic carbocycles. The van der Waals surface area contributed by atoms with Gasteiger partial charge >= 0.3 is 0 Å². The summed E-state index contributed by atoms with van der Waals surface area (Å²) in [7, 11) is 0. The second kappa shape index (κ2) is 5.17. The van der Waals surface area contributed by atoms with Crippen molar-refractivity contribution in [2.45, 2.75) is 0 Å². The van der Waals surface area contributed by atoms with Gasteiger partial charge in [0.1, 0.15) is 6.07 Å². The van der Waals surface area contributed by atoms with Crippen molar-refractivity contribution in [2.24, 2.45) is 0 Å². The lowest BCUT2D eigenvalue weighted by molar-refractivity contribution is 1.26. The average molecular weight is 309 g/mol. The minimum atomic E-state index is 0.339. The predicted octanol–water partition coefficient (Wildman–Crippen LogP) is 4.11. The van der Waals surface area contributed by atoms with Gasteiger partial charge in [-0.25, -0.2) is 4.98 Å². The Morgan fingerprint density at radius 1 is 1.29 bits per heavy atom. The normalized spacial score (nSPS) is 9.71. The third kappa shape index (κ3) is 2.76. The van der Waals surface area contributed by atoms with Crippen LogP contribution in [0.4, 0.5) is 11.4 Å². The highest BCUT2D eigenvalue weighted by molar-refractivity contribution is 9.10. The highest BCUT2D eigenvalue weighted by atomic mass is 79.9. The first-order chi connectivity index (χ1) is 8.20. The molecule has 0 aliphatic heterocycles. The number of anilines is 2. The molecule has 0 amide bonds. The zero-order valence-corrected chi connectivity index (χ0v) is 11.0. The number of halogens is 2. The number of nitriles is 1. The molecule has 0 unspecified atom stereocenters. The van der Waals surface area contributed by atoms with Crippen molar-refractivity contribution < 1.29 is 0 Å². The fourth-order valence-corrected chi connectivity index (χ4v) is 2.05. The maximum Gasteiger partial charge on any atom is 0.163 e. The fourth-order valence-electron chi connectivity index (χ4n) is 1.33. The number of hydrogen-bond donors (Lipinski definition) is 1. The molecule has 0 fully saturated rings. The monoisotopic (exact) mass is 307 g/mol. The van der Waals surface area contributed by atoms with E-state index in [0.29, 0.717) is 16.4 Å². The van der Waals surface area contributed by atoms with Gasteiger partial charge in [0.25, 0.3) is 0 Å². The van der Waals surface area contributed by atoms with E-state index in [1.807, 2.05) is 18.2 Å². The van der Waals surface area contributed by atoms with Crippen molar-refractivity contribution in [1.82, 2.24) is 4.98 Å². The van der Waals surface area contributed by atoms with Crippen LogP contribution in [0.5, 0.6) is 0 Å². The van der Waals surface area contributed by atoms with Crippen LogP contribution in [0.25, 0.3) is 0 Å². The summed E-state index contributed by atoms with van der Waals surface area (Å²) in [6, 6.07) is 11.1. The van der Waals surface area contributed by atoms with E-state index in [1.54, 1.807) is 24.4 Å². The Hall–Kier alpha value is -1.57. The van der Waals surface area contributed by atoms with Gasteiger partial charge in [-0.05, 0) is 30.3 Å². The quantitative estimate of drug-likeness (QED) is 0.908. The van der Waals surface area contributed by atoms with Gasteiger partial charge in [0.05, 0.1) is 16.4 Å². The molecule has 1 heterocycles. The Morgan fingerprint density at radius 2 is 2.12 bits per heavy atom. The van der Waals surface area contributed by atoms with Crippen molar-refractivity contribution in [3.05, 3.63) is 51.7 Å². The van der Waals surface area contributed by atoms with Crippen molar-refractivity contribution in [3.63, 3.8) is 0 Å². The molecular weight excluding hydrogens is 302 g/mol. The number of aromatic nitrogens is 1. The Morgan fingerprint density at radius 3 is 2.82 bits per heavy atom. The van der Waals surface area contributed by atoms with Crippen LogP contribution in [0.1, 0.15) is 5.69 Å². The zero-order valence-electron chi connectivity index (χ0n) is 8.61. The van der Waals surface area contributed by atoms with Crippen LogP contribution in [-0.4, -0.2) is 4.98 Å². The van der Waals surface area contributed by atoms with E-state index < -0.39 is 0 Å². The zero-order chi connectivity index (χ0) is 12.3. The topological polar surface area (TPSA) is 48.7 Å². The number of rotatable bonds is 2. The van der Waals surface area contributed by atoms with Crippen molar-refractivity contribution >= 4 is 38.9 Å². The van der Waals surface area contributed by atoms with Crippen LogP contribution >= 0.6 is 27.5 Å². The minimum Gasteiger partial charge on any atom is -0.352 e. The van der Waals surface area contributed by atoms with Gasteiger partial charge in [-0.1, -0.05) is 27.5 Å². The van der Waals surface area contributed by atoms with Crippen LogP contribution in [0.15, 0.2) is 41.0 Å². The first-order valence-corrected chi connectivity index (χ1v) is 5.95. The van der Waals surface area contributed by atoms with E-state index in [4.69, 9.17) is 16.9 Å². The summed E-state index contributed by atoms with van der Waals surface area (Å²) >= 11 is 9.41. The third-order valence-corrected chi connectivity index (χ3v) is 2.92. The predicted molar refractivity (Wildman–Crippen MR) is 71.4 cm³/mol. The van der Waals surface area contributed by atoms with Gasteiger partial charge in [0.2, 0.25) is 0 Å². The molecule has 1 aromatic carbocycles. The molecule has 2 rings (SSSR count). The molecule has 0 spiro atoms. The van der Waals surface area contributed by atoms with Gasteiger partial charge < -0.3 is 5.32 Å². The van der Waals surface area contributed by atoms with E-state index in [0.717, 1.165) is 10.2 Å². The second-order valence-electron chi connectivity index (χ2n) is 3.26. The summed E-state index contributed by atoms with van der Waals surface area (Å²) in [4.78, 5) is 3.96. The summed E-state index contributed by atoms with van der Waals surface area (Å²) in [5.74, 6) is 0. The summed E-state index contributed by atoms with van der Waals surface area (Å²) in [5, 5.41) is 12.6. The molecule has 0 saturated heterocycles. The molecule has 5 heteroatoms. The van der Waals surface area contributed by atoms with E-state index in [-0.39, 0.29) is 0 Å². The van der Waals surface area contributed by atoms with Crippen LogP contribution in [0.2, 0.25) is 5.02 Å². The summed E-state index contributed by atoms with van der Waals surface area (Å²) in [6.07, 6.45) is 1.58. The second-order valence-corrected chi connectivity index (χ2v) is 4.58. The molecule has 2 aromatic rings. The Labute approximate surface area is 112 Å². The smallest absolute Gasteiger partial charge is 0.163 e. The number of nitrogens with zero attached hydrogens (tertiary/aromatic N) is 2. The van der Waals surface area contributed by atoms with Gasteiger partial charge in [0.15, 0.2) is 5.69 Å². The highest BCUT2D eigenvalue weighted by Crippen LogP contribution is 2.28. The standard InChI is InChI=1S/C12H7BrClN3/c13-8-3-4-10(9(14)6-8)17-11-2-1-5-16-12(11)7-15/h1-6,17H. The lowest BCUT2D eigenvalue weighted by Crippen LogP contribution is -1.95. The fraction of sp³-hybridized carbons (Fsp3) is 0. The number of hydrogen-bond acceptors (Lipinski definition) is 3. The van der Waals surface area contributed by atoms with E-state index in [2.05, 4.69) is 26.2 Å². The molecular formula is C12H7BrClN3. The lowest BCUT2D eigenvalue weighted by atomic mass is 10.2. The summed E-state index contributed by atoms with van der Waals surface area (Å²) in [5.41, 5.74) is 1.71. The van der Waals surface area contributed by atoms with Gasteiger partial charge in [-0.3, -0.25) is 0 Å². The molecule has 17 heavy (non-hydrogen) atoms. The molecule has 0 radical (unpaired) electrons. The van der Waals surface area contributed by atoms with Crippen LogP contribution in [-0.2, 0) is 0 Å². The lowest BCUT2D eigenvalue weighted by Gasteiger charge is -2.09. The minimum absolute atomic E-state index is 0.339. The highest BCUT2D eigenvalue weighted by Gasteiger charge is 2.05. The van der Waals surface area contributed by atoms with Crippen molar-refractivity contribution in [3.8, 4) is 6.07 Å². The van der Waals surface area contributed by atoms with Gasteiger partial charge in [-0.15, -0.1) is 0 Å². The molecule has 84 valence electrons. The molecule has 0 atom stereocenters. The molecule has 3 nitrogen and oxygen atoms in total. The maximum absolute atomic E-state index is 8.92. The van der Waals surface area contributed by atoms with Crippen LogP contribution < -0.4 is 5.32 Å². The average Bonchev–Trinajstić information content (AvgIpc) is 2.33. The molecule has 1 aromatic heterocycles. The van der Waals surface area contributed by atoms with Crippen LogP contribution in [0.3, 0.4) is 0 Å². The Kier molecular flexibility index (Phi) is 3.62.